The lowest BCUT2D eigenvalue weighted by atomic mass is 9.95. The Bertz CT molecular complexity index is 753. The molecule has 0 spiro atoms. The lowest BCUT2D eigenvalue weighted by molar-refractivity contribution is -0.258. The molecule has 9 heteroatoms. The lowest BCUT2D eigenvalue weighted by Crippen LogP contribution is -2.46. The van der Waals surface area contributed by atoms with Gasteiger partial charge in [-0.25, -0.2) is 8.51 Å². The van der Waals surface area contributed by atoms with Crippen LogP contribution in [0.1, 0.15) is 12.5 Å². The van der Waals surface area contributed by atoms with Crippen molar-refractivity contribution in [2.45, 2.75) is 22.9 Å². The van der Waals surface area contributed by atoms with Crippen LogP contribution in [0.4, 0.5) is 18.9 Å². The molecular weight excluding hydrogens is 385 g/mol. The summed E-state index contributed by atoms with van der Waals surface area (Å²) in [4.78, 5) is 2.04. The third-order valence-corrected chi connectivity index (χ3v) is 7.18. The van der Waals surface area contributed by atoms with Crippen molar-refractivity contribution in [3.63, 3.8) is 0 Å². The van der Waals surface area contributed by atoms with Gasteiger partial charge in [-0.2, -0.15) is 13.2 Å². The number of thiophene rings is 1. The summed E-state index contributed by atoms with van der Waals surface area (Å²) in [6.45, 7) is 3.22. The molecular formula is C17H19F3N2O2S2. The zero-order valence-corrected chi connectivity index (χ0v) is 15.7. The van der Waals surface area contributed by atoms with E-state index in [1.807, 2.05) is 26.7 Å². The molecule has 0 bridgehead atoms. The van der Waals surface area contributed by atoms with E-state index < -0.39 is 22.8 Å². The van der Waals surface area contributed by atoms with E-state index in [0.717, 1.165) is 16.8 Å². The standard InChI is InChI=1S/C17H19F3N2O2S2/c1-16(23,17(18,19)20)13-4-6-14(7-5-13)21-8-10-22(11-9-21)26(24)15-3-2-12-25-15/h2-7,12,23H,8-11H2,1H3. The number of anilines is 1. The van der Waals surface area contributed by atoms with Crippen LogP contribution in [0.3, 0.4) is 0 Å². The Kier molecular flexibility index (Phi) is 5.43. The molecule has 0 amide bonds. The SMILES string of the molecule is CC(O)(c1ccc(N2CCN(S(=O)c3cccs3)CC2)cc1)C(F)(F)F. The van der Waals surface area contributed by atoms with Crippen LogP contribution in [0.5, 0.6) is 0 Å². The number of benzene rings is 1. The highest BCUT2D eigenvalue weighted by atomic mass is 32.2. The van der Waals surface area contributed by atoms with Gasteiger partial charge in [-0.15, -0.1) is 11.3 Å². The Balaban J connectivity index is 1.64. The van der Waals surface area contributed by atoms with E-state index in [-0.39, 0.29) is 5.56 Å². The number of piperazine rings is 1. The monoisotopic (exact) mass is 404 g/mol. The maximum absolute atomic E-state index is 12.9. The lowest BCUT2D eigenvalue weighted by Gasteiger charge is -2.35. The van der Waals surface area contributed by atoms with E-state index in [9.17, 15) is 22.5 Å². The Morgan fingerprint density at radius 2 is 1.69 bits per heavy atom. The summed E-state index contributed by atoms with van der Waals surface area (Å²) in [5.41, 5.74) is -2.28. The molecule has 26 heavy (non-hydrogen) atoms. The molecule has 2 atom stereocenters. The van der Waals surface area contributed by atoms with Gasteiger partial charge in [-0.1, -0.05) is 18.2 Å². The van der Waals surface area contributed by atoms with Gasteiger partial charge in [0.2, 0.25) is 0 Å². The van der Waals surface area contributed by atoms with Gasteiger partial charge >= 0.3 is 6.18 Å². The molecule has 3 rings (SSSR count). The van der Waals surface area contributed by atoms with E-state index >= 15 is 0 Å². The van der Waals surface area contributed by atoms with Crippen LogP contribution in [-0.4, -0.2) is 46.0 Å². The first-order valence-corrected chi connectivity index (χ1v) is 10.0. The number of halogens is 3. The molecule has 4 nitrogen and oxygen atoms in total. The van der Waals surface area contributed by atoms with E-state index in [2.05, 4.69) is 0 Å². The van der Waals surface area contributed by atoms with E-state index in [1.165, 1.54) is 23.5 Å². The predicted octanol–water partition coefficient (Wildman–Crippen LogP) is 3.36. The number of nitrogens with zero attached hydrogens (tertiary/aromatic N) is 2. The normalized spacial score (nSPS) is 20.0. The highest BCUT2D eigenvalue weighted by Gasteiger charge is 2.51. The van der Waals surface area contributed by atoms with Crippen LogP contribution >= 0.6 is 11.3 Å². The van der Waals surface area contributed by atoms with Gasteiger partial charge in [-0.3, -0.25) is 0 Å². The summed E-state index contributed by atoms with van der Waals surface area (Å²) in [6.07, 6.45) is -4.73. The molecule has 142 valence electrons. The van der Waals surface area contributed by atoms with Crippen LogP contribution in [0.25, 0.3) is 0 Å². The molecule has 2 unspecified atom stereocenters. The minimum absolute atomic E-state index is 0.189. The summed E-state index contributed by atoms with van der Waals surface area (Å²) >= 11 is 1.46. The average molecular weight is 404 g/mol. The first-order valence-electron chi connectivity index (χ1n) is 8.05. The molecule has 1 N–H and O–H groups in total. The maximum atomic E-state index is 12.9. The van der Waals surface area contributed by atoms with Gasteiger partial charge in [0.15, 0.2) is 5.60 Å². The molecule has 0 radical (unpaired) electrons. The van der Waals surface area contributed by atoms with Crippen molar-refractivity contribution in [3.05, 3.63) is 47.3 Å². The van der Waals surface area contributed by atoms with Crippen molar-refractivity contribution in [1.82, 2.24) is 4.31 Å². The van der Waals surface area contributed by atoms with Crippen LogP contribution in [0, 0.1) is 0 Å². The molecule has 1 aliphatic rings. The molecule has 2 aromatic rings. The second-order valence-electron chi connectivity index (χ2n) is 6.21. The van der Waals surface area contributed by atoms with Crippen molar-refractivity contribution in [1.29, 1.82) is 0 Å². The zero-order valence-electron chi connectivity index (χ0n) is 14.1. The fourth-order valence-corrected chi connectivity index (χ4v) is 4.97. The smallest absolute Gasteiger partial charge is 0.376 e. The molecule has 1 fully saturated rings. The Labute approximate surface area is 156 Å². The van der Waals surface area contributed by atoms with Gasteiger partial charge in [-0.05, 0) is 36.1 Å². The van der Waals surface area contributed by atoms with Gasteiger partial charge in [0.25, 0.3) is 0 Å². The molecule has 1 aromatic carbocycles. The van der Waals surface area contributed by atoms with Crippen molar-refractivity contribution in [3.8, 4) is 0 Å². The predicted molar refractivity (Wildman–Crippen MR) is 96.6 cm³/mol. The molecule has 0 saturated carbocycles. The number of rotatable bonds is 4. The van der Waals surface area contributed by atoms with Gasteiger partial charge in [0.05, 0.1) is 0 Å². The van der Waals surface area contributed by atoms with E-state index in [1.54, 1.807) is 12.1 Å². The quantitative estimate of drug-likeness (QED) is 0.850. The minimum atomic E-state index is -4.73. The number of aliphatic hydroxyl groups is 1. The third kappa shape index (κ3) is 3.80. The van der Waals surface area contributed by atoms with Crippen molar-refractivity contribution >= 4 is 28.0 Å². The summed E-state index contributed by atoms with van der Waals surface area (Å²) in [5.74, 6) is 0. The Morgan fingerprint density at radius 3 is 2.19 bits per heavy atom. The van der Waals surface area contributed by atoms with Crippen LogP contribution < -0.4 is 4.90 Å². The topological polar surface area (TPSA) is 43.8 Å². The number of hydrogen-bond donors (Lipinski definition) is 1. The largest absolute Gasteiger partial charge is 0.421 e. The van der Waals surface area contributed by atoms with Crippen LogP contribution in [-0.2, 0) is 16.6 Å². The molecule has 2 heterocycles. The summed E-state index contributed by atoms with van der Waals surface area (Å²) in [5, 5.41) is 11.6. The second kappa shape index (κ2) is 7.30. The number of alkyl halides is 3. The minimum Gasteiger partial charge on any atom is -0.376 e. The van der Waals surface area contributed by atoms with Crippen LogP contribution in [0.2, 0.25) is 0 Å². The highest BCUT2D eigenvalue weighted by molar-refractivity contribution is 7.85. The second-order valence-corrected chi connectivity index (χ2v) is 8.87. The van der Waals surface area contributed by atoms with Crippen molar-refractivity contribution < 1.29 is 22.5 Å². The molecule has 0 aliphatic carbocycles. The summed E-state index contributed by atoms with van der Waals surface area (Å²) in [7, 11) is -1.17. The third-order valence-electron chi connectivity index (χ3n) is 4.49. The van der Waals surface area contributed by atoms with Gasteiger partial charge in [0, 0.05) is 31.9 Å². The van der Waals surface area contributed by atoms with Crippen molar-refractivity contribution in [2.75, 3.05) is 31.1 Å². The van der Waals surface area contributed by atoms with E-state index in [4.69, 9.17) is 0 Å². The van der Waals surface area contributed by atoms with E-state index in [0.29, 0.717) is 26.2 Å². The summed E-state index contributed by atoms with van der Waals surface area (Å²) in [6, 6.07) is 9.49. The first kappa shape index (κ1) is 19.3. The zero-order chi connectivity index (χ0) is 18.9. The maximum Gasteiger partial charge on any atom is 0.421 e. The molecule has 1 saturated heterocycles. The first-order chi connectivity index (χ1) is 12.2. The fourth-order valence-electron chi connectivity index (χ4n) is 2.76. The number of hydrogen-bond acceptors (Lipinski definition) is 4. The molecule has 1 aliphatic heterocycles. The van der Waals surface area contributed by atoms with Crippen molar-refractivity contribution in [2.24, 2.45) is 0 Å². The van der Waals surface area contributed by atoms with Gasteiger partial charge < -0.3 is 10.0 Å². The van der Waals surface area contributed by atoms with Crippen LogP contribution in [0.15, 0.2) is 46.0 Å². The van der Waals surface area contributed by atoms with Gasteiger partial charge in [0.1, 0.15) is 15.2 Å². The molecule has 1 aromatic heterocycles. The Hall–Kier alpha value is -1.42. The fraction of sp³-hybridized carbons (Fsp3) is 0.412. The highest BCUT2D eigenvalue weighted by Crippen LogP contribution is 2.38. The summed E-state index contributed by atoms with van der Waals surface area (Å²) < 4.78 is 53.9. The Morgan fingerprint density at radius 1 is 1.08 bits per heavy atom. The average Bonchev–Trinajstić information content (AvgIpc) is 3.15.